The fourth-order valence-corrected chi connectivity index (χ4v) is 1.84. The maximum Gasteiger partial charge on any atom is 0.128 e. The van der Waals surface area contributed by atoms with Crippen molar-refractivity contribution < 1.29 is 5.11 Å². The van der Waals surface area contributed by atoms with Gasteiger partial charge in [0.15, 0.2) is 0 Å². The van der Waals surface area contributed by atoms with Gasteiger partial charge in [0.05, 0.1) is 12.7 Å². The number of hydrogen-bond donors (Lipinski definition) is 1. The van der Waals surface area contributed by atoms with E-state index >= 15 is 0 Å². The standard InChI is InChI=1S/C9H14ClN3O/c1-12-8(10)2-11-9(12)5-13-3-7(4-13)6-14/h2,7,14H,3-6H2,1H3. The summed E-state index contributed by atoms with van der Waals surface area (Å²) in [5.74, 6) is 1.43. The molecule has 1 fully saturated rings. The highest BCUT2D eigenvalue weighted by Crippen LogP contribution is 2.18. The molecule has 1 aromatic rings. The molecule has 0 radical (unpaired) electrons. The number of imidazole rings is 1. The van der Waals surface area contributed by atoms with Gasteiger partial charge in [0, 0.05) is 32.7 Å². The summed E-state index contributed by atoms with van der Waals surface area (Å²) >= 11 is 5.87. The molecule has 1 aliphatic heterocycles. The number of aromatic nitrogens is 2. The highest BCUT2D eigenvalue weighted by Gasteiger charge is 2.26. The fourth-order valence-electron chi connectivity index (χ4n) is 1.69. The lowest BCUT2D eigenvalue weighted by molar-refractivity contribution is 0.0454. The van der Waals surface area contributed by atoms with E-state index in [4.69, 9.17) is 16.7 Å². The zero-order valence-corrected chi connectivity index (χ0v) is 8.91. The van der Waals surface area contributed by atoms with Crippen molar-refractivity contribution >= 4 is 11.6 Å². The molecule has 0 atom stereocenters. The maximum absolute atomic E-state index is 8.86. The monoisotopic (exact) mass is 215 g/mol. The molecule has 0 amide bonds. The molecule has 4 nitrogen and oxygen atoms in total. The molecule has 1 aliphatic rings. The van der Waals surface area contributed by atoms with Crippen LogP contribution in [0.15, 0.2) is 6.20 Å². The van der Waals surface area contributed by atoms with E-state index < -0.39 is 0 Å². The van der Waals surface area contributed by atoms with Crippen molar-refractivity contribution in [2.24, 2.45) is 13.0 Å². The Kier molecular flexibility index (Phi) is 2.76. The summed E-state index contributed by atoms with van der Waals surface area (Å²) in [6, 6.07) is 0. The van der Waals surface area contributed by atoms with Gasteiger partial charge in [-0.15, -0.1) is 0 Å². The number of halogens is 1. The average molecular weight is 216 g/mol. The largest absolute Gasteiger partial charge is 0.396 e. The third-order valence-electron chi connectivity index (χ3n) is 2.68. The molecular formula is C9H14ClN3O. The van der Waals surface area contributed by atoms with Crippen LogP contribution in [-0.4, -0.2) is 39.3 Å². The van der Waals surface area contributed by atoms with Crippen LogP contribution >= 0.6 is 11.6 Å². The minimum Gasteiger partial charge on any atom is -0.396 e. The van der Waals surface area contributed by atoms with E-state index in [1.165, 1.54) is 0 Å². The van der Waals surface area contributed by atoms with Gasteiger partial charge in [-0.05, 0) is 0 Å². The van der Waals surface area contributed by atoms with Gasteiger partial charge in [-0.3, -0.25) is 4.90 Å². The fraction of sp³-hybridized carbons (Fsp3) is 0.667. The first-order valence-corrected chi connectivity index (χ1v) is 5.08. The highest BCUT2D eigenvalue weighted by atomic mass is 35.5. The van der Waals surface area contributed by atoms with Gasteiger partial charge >= 0.3 is 0 Å². The molecular weight excluding hydrogens is 202 g/mol. The predicted molar refractivity (Wildman–Crippen MR) is 54.1 cm³/mol. The molecule has 0 saturated carbocycles. The molecule has 78 valence electrons. The van der Waals surface area contributed by atoms with Gasteiger partial charge < -0.3 is 9.67 Å². The van der Waals surface area contributed by atoms with Crippen LogP contribution in [0, 0.1) is 5.92 Å². The zero-order chi connectivity index (χ0) is 10.1. The summed E-state index contributed by atoms with van der Waals surface area (Å²) in [6.07, 6.45) is 1.67. The van der Waals surface area contributed by atoms with Gasteiger partial charge in [-0.2, -0.15) is 0 Å². The quantitative estimate of drug-likeness (QED) is 0.799. The number of aliphatic hydroxyl groups is 1. The Morgan fingerprint density at radius 2 is 2.36 bits per heavy atom. The van der Waals surface area contributed by atoms with Crippen molar-refractivity contribution in [3.8, 4) is 0 Å². The first kappa shape index (κ1) is 9.96. The summed E-state index contributed by atoms with van der Waals surface area (Å²) in [5.41, 5.74) is 0. The van der Waals surface area contributed by atoms with Gasteiger partial charge in [-0.25, -0.2) is 4.98 Å². The molecule has 0 bridgehead atoms. The van der Waals surface area contributed by atoms with Crippen LogP contribution in [0.1, 0.15) is 5.82 Å². The van der Waals surface area contributed by atoms with E-state index in [0.29, 0.717) is 11.1 Å². The molecule has 0 aliphatic carbocycles. The van der Waals surface area contributed by atoms with E-state index in [1.54, 1.807) is 6.20 Å². The Balaban J connectivity index is 1.90. The lowest BCUT2D eigenvalue weighted by Gasteiger charge is -2.37. The number of rotatable bonds is 3. The molecule has 2 heterocycles. The zero-order valence-electron chi connectivity index (χ0n) is 8.15. The Hall–Kier alpha value is -0.580. The molecule has 14 heavy (non-hydrogen) atoms. The number of hydrogen-bond acceptors (Lipinski definition) is 3. The van der Waals surface area contributed by atoms with Crippen molar-refractivity contribution in [1.29, 1.82) is 0 Å². The summed E-state index contributed by atoms with van der Waals surface area (Å²) in [5, 5.41) is 9.53. The Labute approximate surface area is 88.1 Å². The van der Waals surface area contributed by atoms with Gasteiger partial charge in [0.1, 0.15) is 11.0 Å². The first-order chi connectivity index (χ1) is 6.70. The second-order valence-corrected chi connectivity index (χ2v) is 4.19. The van der Waals surface area contributed by atoms with Crippen molar-refractivity contribution in [1.82, 2.24) is 14.5 Å². The normalized spacial score (nSPS) is 18.5. The van der Waals surface area contributed by atoms with Crippen LogP contribution in [0.4, 0.5) is 0 Å². The summed E-state index contributed by atoms with van der Waals surface area (Å²) in [6.45, 7) is 3.03. The molecule has 0 spiro atoms. The third kappa shape index (κ3) is 1.78. The van der Waals surface area contributed by atoms with Crippen LogP contribution in [0.25, 0.3) is 0 Å². The molecule has 0 unspecified atom stereocenters. The molecule has 5 heteroatoms. The first-order valence-electron chi connectivity index (χ1n) is 4.70. The SMILES string of the molecule is Cn1c(Cl)cnc1CN1CC(CO)C1. The molecule has 0 aromatic carbocycles. The van der Waals surface area contributed by atoms with E-state index in [0.717, 1.165) is 25.5 Å². The second kappa shape index (κ2) is 3.88. The Bertz CT molecular complexity index is 320. The topological polar surface area (TPSA) is 41.3 Å². The maximum atomic E-state index is 8.86. The molecule has 2 rings (SSSR count). The van der Waals surface area contributed by atoms with E-state index in [1.807, 2.05) is 11.6 Å². The molecule has 1 N–H and O–H groups in total. The van der Waals surface area contributed by atoms with Crippen LogP contribution < -0.4 is 0 Å². The third-order valence-corrected chi connectivity index (χ3v) is 3.03. The summed E-state index contributed by atoms with van der Waals surface area (Å²) < 4.78 is 1.88. The van der Waals surface area contributed by atoms with Crippen molar-refractivity contribution in [3.05, 3.63) is 17.2 Å². The number of aliphatic hydroxyl groups excluding tert-OH is 1. The predicted octanol–water partition coefficient (Wildman–Crippen LogP) is 0.498. The van der Waals surface area contributed by atoms with Crippen LogP contribution in [0.5, 0.6) is 0 Å². The molecule has 1 saturated heterocycles. The van der Waals surface area contributed by atoms with Gasteiger partial charge in [0.2, 0.25) is 0 Å². The van der Waals surface area contributed by atoms with Crippen LogP contribution in [-0.2, 0) is 13.6 Å². The lowest BCUT2D eigenvalue weighted by atomic mass is 10.0. The van der Waals surface area contributed by atoms with Gasteiger partial charge in [0.25, 0.3) is 0 Å². The van der Waals surface area contributed by atoms with Crippen LogP contribution in [0.3, 0.4) is 0 Å². The Morgan fingerprint density at radius 3 is 2.86 bits per heavy atom. The minimum absolute atomic E-state index is 0.290. The summed E-state index contributed by atoms with van der Waals surface area (Å²) in [4.78, 5) is 6.46. The number of likely N-dealkylation sites (tertiary alicyclic amines) is 1. The van der Waals surface area contributed by atoms with Crippen molar-refractivity contribution in [3.63, 3.8) is 0 Å². The van der Waals surface area contributed by atoms with E-state index in [9.17, 15) is 0 Å². The second-order valence-electron chi connectivity index (χ2n) is 3.80. The van der Waals surface area contributed by atoms with Gasteiger partial charge in [-0.1, -0.05) is 11.6 Å². The molecule has 1 aromatic heterocycles. The van der Waals surface area contributed by atoms with E-state index in [-0.39, 0.29) is 6.61 Å². The Morgan fingerprint density at radius 1 is 1.64 bits per heavy atom. The smallest absolute Gasteiger partial charge is 0.128 e. The highest BCUT2D eigenvalue weighted by molar-refractivity contribution is 6.29. The van der Waals surface area contributed by atoms with Crippen molar-refractivity contribution in [2.45, 2.75) is 6.54 Å². The number of nitrogens with zero attached hydrogens (tertiary/aromatic N) is 3. The average Bonchev–Trinajstić information content (AvgIpc) is 2.41. The van der Waals surface area contributed by atoms with E-state index in [2.05, 4.69) is 9.88 Å². The summed E-state index contributed by atoms with van der Waals surface area (Å²) in [7, 11) is 1.91. The van der Waals surface area contributed by atoms with Crippen LogP contribution in [0.2, 0.25) is 5.15 Å². The lowest BCUT2D eigenvalue weighted by Crippen LogP contribution is -2.47. The minimum atomic E-state index is 0.290. The van der Waals surface area contributed by atoms with Crippen molar-refractivity contribution in [2.75, 3.05) is 19.7 Å².